The molecule has 0 saturated carbocycles. The number of carbonyl (C=O) groups excluding carboxylic acids is 1. The van der Waals surface area contributed by atoms with Crippen LogP contribution in [0.4, 0.5) is 5.69 Å². The molecule has 146 valence electrons. The molecule has 8 heteroatoms. The van der Waals surface area contributed by atoms with Crippen LogP contribution < -0.4 is 10.1 Å². The lowest BCUT2D eigenvalue weighted by molar-refractivity contribution is -0.115. The zero-order valence-electron chi connectivity index (χ0n) is 15.8. The Morgan fingerprint density at radius 3 is 2.86 bits per heavy atom. The molecule has 0 aliphatic heterocycles. The van der Waals surface area contributed by atoms with E-state index in [1.54, 1.807) is 12.1 Å². The second-order valence-corrected chi connectivity index (χ2v) is 8.10. The van der Waals surface area contributed by atoms with Crippen molar-refractivity contribution in [3.8, 4) is 5.75 Å². The van der Waals surface area contributed by atoms with E-state index >= 15 is 0 Å². The number of aryl methyl sites for hydroxylation is 2. The van der Waals surface area contributed by atoms with Gasteiger partial charge in [0.1, 0.15) is 12.4 Å². The van der Waals surface area contributed by atoms with E-state index in [1.165, 1.54) is 11.8 Å². The number of aromatic amines is 1. The van der Waals surface area contributed by atoms with E-state index in [0.717, 1.165) is 16.8 Å². The summed E-state index contributed by atoms with van der Waals surface area (Å²) in [5.41, 5.74) is 2.81. The van der Waals surface area contributed by atoms with E-state index in [-0.39, 0.29) is 17.8 Å². The standard InChI is InChI=1S/C20H21ClN4O2S/c1-12-5-4-6-15(9-12)22-19(26)14(3)28-20-23-18(24-25-20)11-27-16-7-8-17(21)13(2)10-16/h4-10,14H,11H2,1-3H3,(H,22,26)(H,23,24,25)/t14-/m1/s1. The number of anilines is 1. The van der Waals surface area contributed by atoms with Gasteiger partial charge in [0.2, 0.25) is 11.1 Å². The second kappa shape index (κ2) is 9.12. The normalized spacial score (nSPS) is 11.9. The van der Waals surface area contributed by atoms with Gasteiger partial charge >= 0.3 is 0 Å². The topological polar surface area (TPSA) is 79.9 Å². The molecule has 1 atom stereocenters. The monoisotopic (exact) mass is 416 g/mol. The highest BCUT2D eigenvalue weighted by Crippen LogP contribution is 2.23. The molecule has 0 fully saturated rings. The summed E-state index contributed by atoms with van der Waals surface area (Å²) in [4.78, 5) is 16.7. The number of H-pyrrole nitrogens is 1. The minimum absolute atomic E-state index is 0.102. The molecule has 0 bridgehead atoms. The van der Waals surface area contributed by atoms with Crippen LogP contribution in [0.2, 0.25) is 5.02 Å². The number of nitrogens with one attached hydrogen (secondary N) is 2. The van der Waals surface area contributed by atoms with Crippen LogP contribution in [0.15, 0.2) is 47.6 Å². The minimum Gasteiger partial charge on any atom is -0.486 e. The van der Waals surface area contributed by atoms with E-state index in [9.17, 15) is 4.79 Å². The Labute approximate surface area is 173 Å². The first-order valence-corrected chi connectivity index (χ1v) is 10.0. The fourth-order valence-electron chi connectivity index (χ4n) is 2.43. The Kier molecular flexibility index (Phi) is 6.59. The Morgan fingerprint density at radius 2 is 2.11 bits per heavy atom. The molecule has 0 aliphatic carbocycles. The largest absolute Gasteiger partial charge is 0.486 e. The first-order valence-electron chi connectivity index (χ1n) is 8.75. The van der Waals surface area contributed by atoms with Gasteiger partial charge in [0.25, 0.3) is 0 Å². The van der Waals surface area contributed by atoms with E-state index in [0.29, 0.717) is 21.8 Å². The van der Waals surface area contributed by atoms with Gasteiger partial charge in [-0.05, 0) is 62.2 Å². The van der Waals surface area contributed by atoms with Crippen molar-refractivity contribution in [3.05, 3.63) is 64.4 Å². The third kappa shape index (κ3) is 5.50. The number of benzene rings is 2. The molecular formula is C20H21ClN4O2S. The number of aromatic nitrogens is 3. The second-order valence-electron chi connectivity index (χ2n) is 6.38. The lowest BCUT2D eigenvalue weighted by Crippen LogP contribution is -2.22. The van der Waals surface area contributed by atoms with Crippen LogP contribution in [0.5, 0.6) is 5.75 Å². The highest BCUT2D eigenvalue weighted by atomic mass is 35.5. The van der Waals surface area contributed by atoms with Crippen molar-refractivity contribution < 1.29 is 9.53 Å². The number of amides is 1. The van der Waals surface area contributed by atoms with Crippen molar-refractivity contribution in [1.29, 1.82) is 0 Å². The average Bonchev–Trinajstić information content (AvgIpc) is 3.10. The zero-order chi connectivity index (χ0) is 20.1. The first-order chi connectivity index (χ1) is 13.4. The summed E-state index contributed by atoms with van der Waals surface area (Å²) in [6, 6.07) is 13.1. The Hall–Kier alpha value is -2.51. The Morgan fingerprint density at radius 1 is 1.29 bits per heavy atom. The van der Waals surface area contributed by atoms with E-state index in [4.69, 9.17) is 16.3 Å². The fourth-order valence-corrected chi connectivity index (χ4v) is 3.29. The molecule has 0 unspecified atom stereocenters. The first kappa shape index (κ1) is 20.2. The molecule has 2 N–H and O–H groups in total. The highest BCUT2D eigenvalue weighted by Gasteiger charge is 2.17. The summed E-state index contributed by atoms with van der Waals surface area (Å²) in [6.45, 7) is 5.97. The lowest BCUT2D eigenvalue weighted by Gasteiger charge is -2.10. The highest BCUT2D eigenvalue weighted by molar-refractivity contribution is 8.00. The Balaban J connectivity index is 1.53. The molecule has 1 amide bonds. The third-order valence-corrected chi connectivity index (χ3v) is 5.34. The van der Waals surface area contributed by atoms with E-state index in [2.05, 4.69) is 20.5 Å². The van der Waals surface area contributed by atoms with Crippen molar-refractivity contribution in [2.45, 2.75) is 37.8 Å². The lowest BCUT2D eigenvalue weighted by atomic mass is 10.2. The van der Waals surface area contributed by atoms with Crippen molar-refractivity contribution >= 4 is 35.0 Å². The van der Waals surface area contributed by atoms with E-state index in [1.807, 2.05) is 51.1 Å². The van der Waals surface area contributed by atoms with Crippen LogP contribution in [-0.4, -0.2) is 26.3 Å². The Bertz CT molecular complexity index is 976. The molecule has 3 rings (SSSR count). The van der Waals surface area contributed by atoms with Gasteiger partial charge in [-0.15, -0.1) is 5.10 Å². The summed E-state index contributed by atoms with van der Waals surface area (Å²) >= 11 is 7.30. The van der Waals surface area contributed by atoms with Gasteiger partial charge < -0.3 is 10.1 Å². The quantitative estimate of drug-likeness (QED) is 0.542. The number of ether oxygens (including phenoxy) is 1. The number of hydrogen-bond donors (Lipinski definition) is 2. The molecule has 0 saturated heterocycles. The maximum Gasteiger partial charge on any atom is 0.237 e. The predicted molar refractivity (Wildman–Crippen MR) is 112 cm³/mol. The number of carbonyl (C=O) groups is 1. The number of nitrogens with zero attached hydrogens (tertiary/aromatic N) is 2. The third-order valence-electron chi connectivity index (χ3n) is 3.95. The van der Waals surface area contributed by atoms with Gasteiger partial charge in [-0.3, -0.25) is 9.89 Å². The molecule has 2 aromatic carbocycles. The molecule has 3 aromatic rings. The van der Waals surface area contributed by atoms with Crippen LogP contribution in [0.1, 0.15) is 23.9 Å². The fraction of sp³-hybridized carbons (Fsp3) is 0.250. The van der Waals surface area contributed by atoms with Gasteiger partial charge in [0, 0.05) is 10.7 Å². The van der Waals surface area contributed by atoms with Gasteiger partial charge in [-0.25, -0.2) is 4.98 Å². The molecule has 0 spiro atoms. The summed E-state index contributed by atoms with van der Waals surface area (Å²) in [5.74, 6) is 1.19. The number of thioether (sulfide) groups is 1. The van der Waals surface area contributed by atoms with Crippen molar-refractivity contribution in [3.63, 3.8) is 0 Å². The van der Waals surface area contributed by atoms with Crippen molar-refractivity contribution in [2.75, 3.05) is 5.32 Å². The molecule has 0 aliphatic rings. The van der Waals surface area contributed by atoms with Crippen LogP contribution in [0, 0.1) is 13.8 Å². The van der Waals surface area contributed by atoms with Crippen LogP contribution >= 0.6 is 23.4 Å². The molecular weight excluding hydrogens is 396 g/mol. The van der Waals surface area contributed by atoms with E-state index < -0.39 is 0 Å². The number of hydrogen-bond acceptors (Lipinski definition) is 5. The summed E-state index contributed by atoms with van der Waals surface area (Å²) in [6.07, 6.45) is 0. The number of halogens is 1. The smallest absolute Gasteiger partial charge is 0.237 e. The summed E-state index contributed by atoms with van der Waals surface area (Å²) < 4.78 is 5.70. The average molecular weight is 417 g/mol. The number of rotatable bonds is 7. The molecule has 0 radical (unpaired) electrons. The van der Waals surface area contributed by atoms with Crippen LogP contribution in [-0.2, 0) is 11.4 Å². The molecule has 1 heterocycles. The van der Waals surface area contributed by atoms with Crippen LogP contribution in [0.25, 0.3) is 0 Å². The molecule has 1 aromatic heterocycles. The van der Waals surface area contributed by atoms with Gasteiger partial charge in [-0.1, -0.05) is 35.5 Å². The maximum atomic E-state index is 12.4. The molecule has 28 heavy (non-hydrogen) atoms. The van der Waals surface area contributed by atoms with Gasteiger partial charge in [0.15, 0.2) is 5.82 Å². The predicted octanol–water partition coefficient (Wildman–Crippen LogP) is 4.77. The van der Waals surface area contributed by atoms with Gasteiger partial charge in [0.05, 0.1) is 5.25 Å². The molecule has 6 nitrogen and oxygen atoms in total. The van der Waals surface area contributed by atoms with Crippen LogP contribution in [0.3, 0.4) is 0 Å². The summed E-state index contributed by atoms with van der Waals surface area (Å²) in [7, 11) is 0. The van der Waals surface area contributed by atoms with Crippen molar-refractivity contribution in [2.24, 2.45) is 0 Å². The van der Waals surface area contributed by atoms with Gasteiger partial charge in [-0.2, -0.15) is 0 Å². The maximum absolute atomic E-state index is 12.4. The minimum atomic E-state index is -0.344. The SMILES string of the molecule is Cc1cccc(NC(=O)[C@@H](C)Sc2n[nH]c(COc3ccc(Cl)c(C)c3)n2)c1. The van der Waals surface area contributed by atoms with Crippen molar-refractivity contribution in [1.82, 2.24) is 15.2 Å². The zero-order valence-corrected chi connectivity index (χ0v) is 17.4. The summed E-state index contributed by atoms with van der Waals surface area (Å²) in [5, 5.41) is 10.7.